The highest BCUT2D eigenvalue weighted by Crippen LogP contribution is 2.31. The molecular weight excluding hydrogens is 607 g/mol. The minimum Gasteiger partial charge on any atom is -0.462 e. The maximum absolute atomic E-state index is 12.2. The van der Waals surface area contributed by atoms with Crippen LogP contribution in [0.1, 0.15) is 52.3 Å². The Hall–Kier alpha value is -5.00. The van der Waals surface area contributed by atoms with Crippen molar-refractivity contribution < 1.29 is 23.5 Å². The van der Waals surface area contributed by atoms with Gasteiger partial charge in [-0.3, -0.25) is 0 Å². The van der Waals surface area contributed by atoms with Crippen LogP contribution in [0.5, 0.6) is 0 Å². The molecule has 0 saturated heterocycles. The molecule has 1 N–H and O–H groups in total. The molecule has 0 bridgehead atoms. The summed E-state index contributed by atoms with van der Waals surface area (Å²) < 4.78 is 17.5. The Morgan fingerprint density at radius 1 is 0.955 bits per heavy atom. The van der Waals surface area contributed by atoms with Gasteiger partial charge >= 0.3 is 11.9 Å². The van der Waals surface area contributed by atoms with Gasteiger partial charge < -0.3 is 13.9 Å². The van der Waals surface area contributed by atoms with Crippen LogP contribution < -0.4 is 5.43 Å². The number of furan rings is 1. The molecule has 4 aromatic rings. The van der Waals surface area contributed by atoms with E-state index in [2.05, 4.69) is 25.8 Å². The van der Waals surface area contributed by atoms with E-state index in [0.717, 1.165) is 16.7 Å². The van der Waals surface area contributed by atoms with Crippen LogP contribution in [0.15, 0.2) is 87.2 Å². The van der Waals surface area contributed by atoms with Gasteiger partial charge in [0, 0.05) is 5.56 Å². The summed E-state index contributed by atoms with van der Waals surface area (Å²) in [6.45, 7) is 3.99. The summed E-state index contributed by atoms with van der Waals surface area (Å²) in [5, 5.41) is 17.1. The van der Waals surface area contributed by atoms with Crippen molar-refractivity contribution in [2.45, 2.75) is 20.3 Å². The molecule has 0 atom stereocenters. The Kier molecular flexibility index (Phi) is 9.68. The maximum atomic E-state index is 12.2. The summed E-state index contributed by atoms with van der Waals surface area (Å²) in [7, 11) is 0. The number of ether oxygens (including phenoxy) is 2. The number of carbonyl (C=O) groups is 2. The van der Waals surface area contributed by atoms with E-state index in [-0.39, 0.29) is 24.7 Å². The summed E-state index contributed by atoms with van der Waals surface area (Å²) in [6, 6.07) is 13.8. The zero-order valence-electron chi connectivity index (χ0n) is 23.7. The zero-order chi connectivity index (χ0) is 31.1. The number of allylic oxidation sites excluding steroid dienone is 4. The second kappa shape index (κ2) is 14.0. The molecule has 224 valence electrons. The number of nitrogens with zero attached hydrogens (tertiary/aromatic N) is 5. The van der Waals surface area contributed by atoms with E-state index in [9.17, 15) is 9.59 Å². The minimum absolute atomic E-state index is 0.244. The molecule has 0 aliphatic heterocycles. The van der Waals surface area contributed by atoms with Gasteiger partial charge in [-0.1, -0.05) is 41.4 Å². The average Bonchev–Trinajstić information content (AvgIpc) is 3.79. The first kappa shape index (κ1) is 30.5. The molecule has 44 heavy (non-hydrogen) atoms. The van der Waals surface area contributed by atoms with E-state index in [4.69, 9.17) is 37.1 Å². The molecule has 1 aliphatic rings. The molecule has 13 heteroatoms. The van der Waals surface area contributed by atoms with Crippen molar-refractivity contribution in [3.63, 3.8) is 0 Å². The number of benzene rings is 2. The van der Waals surface area contributed by atoms with Gasteiger partial charge in [-0.05, 0) is 79.4 Å². The Labute approximate surface area is 262 Å². The van der Waals surface area contributed by atoms with E-state index in [1.807, 2.05) is 18.2 Å². The molecule has 0 fully saturated rings. The molecule has 0 saturated carbocycles. The number of nitrogens with one attached hydrogen (secondary N) is 1. The molecule has 2 aromatic heterocycles. The van der Waals surface area contributed by atoms with Gasteiger partial charge in [0.05, 0.1) is 46.8 Å². The van der Waals surface area contributed by atoms with Crippen molar-refractivity contribution in [3.8, 4) is 11.3 Å². The van der Waals surface area contributed by atoms with Crippen molar-refractivity contribution in [1.29, 1.82) is 0 Å². The normalized spacial score (nSPS) is 12.9. The Bertz CT molecular complexity index is 1820. The Balaban J connectivity index is 1.19. The van der Waals surface area contributed by atoms with Crippen LogP contribution in [0.25, 0.3) is 16.9 Å². The van der Waals surface area contributed by atoms with Crippen LogP contribution in [-0.2, 0) is 9.47 Å². The molecule has 0 radical (unpaired) electrons. The molecule has 0 amide bonds. The SMILES string of the molecule is CCOC(=O)c1cc(C2=CC=C(C=Nn3cnnc3NN=Cc3ccc(-c4ccc(Cl)c(C(=O)OCC)c4)o3)C2)ccc1Cl. The smallest absolute Gasteiger partial charge is 0.339 e. The minimum atomic E-state index is -0.504. The summed E-state index contributed by atoms with van der Waals surface area (Å²) in [4.78, 5) is 24.4. The number of rotatable bonds is 11. The molecule has 0 spiro atoms. The predicted molar refractivity (Wildman–Crippen MR) is 168 cm³/mol. The first-order chi connectivity index (χ1) is 21.4. The fourth-order valence-corrected chi connectivity index (χ4v) is 4.61. The number of aromatic nitrogens is 3. The lowest BCUT2D eigenvalue weighted by Crippen LogP contribution is -2.06. The number of esters is 2. The first-order valence-corrected chi connectivity index (χ1v) is 14.3. The molecule has 1 aliphatic carbocycles. The van der Waals surface area contributed by atoms with Gasteiger partial charge in [0.1, 0.15) is 17.8 Å². The Morgan fingerprint density at radius 2 is 1.64 bits per heavy atom. The third-order valence-electron chi connectivity index (χ3n) is 6.33. The predicted octanol–water partition coefficient (Wildman–Crippen LogP) is 6.89. The van der Waals surface area contributed by atoms with Crippen molar-refractivity contribution in [2.24, 2.45) is 10.2 Å². The lowest BCUT2D eigenvalue weighted by molar-refractivity contribution is 0.0517. The molecule has 5 rings (SSSR count). The topological polar surface area (TPSA) is 133 Å². The van der Waals surface area contributed by atoms with Crippen LogP contribution in [0.3, 0.4) is 0 Å². The lowest BCUT2D eigenvalue weighted by atomic mass is 10.0. The lowest BCUT2D eigenvalue weighted by Gasteiger charge is -2.08. The quantitative estimate of drug-likeness (QED) is 0.107. The monoisotopic (exact) mass is 632 g/mol. The molecule has 11 nitrogen and oxygen atoms in total. The number of hydrazone groups is 1. The first-order valence-electron chi connectivity index (χ1n) is 13.5. The van der Waals surface area contributed by atoms with Crippen molar-refractivity contribution in [2.75, 3.05) is 18.6 Å². The van der Waals surface area contributed by atoms with Gasteiger partial charge in [-0.2, -0.15) is 14.9 Å². The number of hydrogen-bond acceptors (Lipinski definition) is 10. The zero-order valence-corrected chi connectivity index (χ0v) is 25.2. The number of anilines is 1. The van der Waals surface area contributed by atoms with E-state index in [1.54, 1.807) is 62.5 Å². The van der Waals surface area contributed by atoms with Crippen LogP contribution >= 0.6 is 23.2 Å². The number of carbonyl (C=O) groups excluding carboxylic acids is 2. The van der Waals surface area contributed by atoms with E-state index >= 15 is 0 Å². The summed E-state index contributed by atoms with van der Waals surface area (Å²) in [5.41, 5.74) is 6.86. The van der Waals surface area contributed by atoms with Crippen LogP contribution in [0.4, 0.5) is 5.95 Å². The number of hydrogen-bond donors (Lipinski definition) is 1. The maximum Gasteiger partial charge on any atom is 0.339 e. The van der Waals surface area contributed by atoms with Crippen molar-refractivity contribution in [3.05, 3.63) is 105 Å². The van der Waals surface area contributed by atoms with Gasteiger partial charge in [0.25, 0.3) is 5.95 Å². The van der Waals surface area contributed by atoms with E-state index < -0.39 is 11.9 Å². The van der Waals surface area contributed by atoms with Gasteiger partial charge in [0.15, 0.2) is 0 Å². The van der Waals surface area contributed by atoms with E-state index in [0.29, 0.717) is 39.1 Å². The highest BCUT2D eigenvalue weighted by Gasteiger charge is 2.17. The van der Waals surface area contributed by atoms with Gasteiger partial charge in [-0.15, -0.1) is 10.2 Å². The second-order valence-corrected chi connectivity index (χ2v) is 10.1. The molecule has 2 heterocycles. The largest absolute Gasteiger partial charge is 0.462 e. The summed E-state index contributed by atoms with van der Waals surface area (Å²) in [6.07, 6.45) is 9.12. The van der Waals surface area contributed by atoms with E-state index in [1.165, 1.54) is 17.2 Å². The number of halogens is 2. The average molecular weight is 633 g/mol. The van der Waals surface area contributed by atoms with Crippen LogP contribution in [0, 0.1) is 0 Å². The standard InChI is InChI=1S/C31H26Cl2N6O5/c1-3-42-29(40)24-14-21(7-10-26(24)32)20-6-5-19(13-20)16-36-39-18-35-38-31(39)37-34-17-23-9-12-28(44-23)22-8-11-27(33)25(15-22)30(41)43-4-2/h5-12,14-18H,3-4,13H2,1-2H3,(H,37,38). The van der Waals surface area contributed by atoms with Gasteiger partial charge in [-0.25, -0.2) is 15.0 Å². The van der Waals surface area contributed by atoms with Gasteiger partial charge in [0.2, 0.25) is 0 Å². The fourth-order valence-electron chi connectivity index (χ4n) is 4.22. The summed E-state index contributed by atoms with van der Waals surface area (Å²) >= 11 is 12.4. The van der Waals surface area contributed by atoms with Crippen molar-refractivity contribution >= 4 is 59.1 Å². The highest BCUT2D eigenvalue weighted by molar-refractivity contribution is 6.34. The fraction of sp³-hybridized carbons (Fsp3) is 0.161. The summed E-state index contributed by atoms with van der Waals surface area (Å²) in [5.74, 6) is 0.301. The molecule has 0 unspecified atom stereocenters. The second-order valence-electron chi connectivity index (χ2n) is 9.26. The third kappa shape index (κ3) is 7.13. The van der Waals surface area contributed by atoms with Crippen LogP contribution in [0.2, 0.25) is 10.0 Å². The molecular formula is C31H26Cl2N6O5. The Morgan fingerprint density at radius 3 is 2.34 bits per heavy atom. The third-order valence-corrected chi connectivity index (χ3v) is 6.99. The molecule has 2 aromatic carbocycles. The van der Waals surface area contributed by atoms with Crippen molar-refractivity contribution in [1.82, 2.24) is 14.9 Å². The van der Waals surface area contributed by atoms with Crippen LogP contribution in [-0.4, -0.2) is 52.5 Å². The highest BCUT2D eigenvalue weighted by atomic mass is 35.5.